The van der Waals surface area contributed by atoms with E-state index in [9.17, 15) is 0 Å². The van der Waals surface area contributed by atoms with E-state index in [0.29, 0.717) is 11.5 Å². The fourth-order valence-electron chi connectivity index (χ4n) is 5.50. The monoisotopic (exact) mass is 490 g/mol. The molecule has 0 aliphatic heterocycles. The maximum absolute atomic E-state index is 5.99. The van der Waals surface area contributed by atoms with Crippen LogP contribution in [0.4, 0.5) is 0 Å². The Balaban J connectivity index is 1.77. The van der Waals surface area contributed by atoms with Gasteiger partial charge < -0.3 is 18.9 Å². The molecule has 6 aromatic rings. The highest BCUT2D eigenvalue weighted by Gasteiger charge is 2.23. The van der Waals surface area contributed by atoms with Crippen molar-refractivity contribution >= 4 is 37.8 Å². The summed E-state index contributed by atoms with van der Waals surface area (Å²) in [6.07, 6.45) is 2.09. The van der Waals surface area contributed by atoms with Crippen LogP contribution in [0.1, 0.15) is 5.69 Å². The summed E-state index contributed by atoms with van der Waals surface area (Å²) in [5, 5.41) is 6.58. The molecule has 2 aromatic heterocycles. The first-order chi connectivity index (χ1) is 18.1. The Kier molecular flexibility index (Phi) is 5.49. The first-order valence-electron chi connectivity index (χ1n) is 12.2. The number of rotatable bonds is 5. The van der Waals surface area contributed by atoms with Crippen LogP contribution in [0.2, 0.25) is 0 Å². The fourth-order valence-corrected chi connectivity index (χ4v) is 5.50. The molecule has 0 radical (unpaired) electrons. The summed E-state index contributed by atoms with van der Waals surface area (Å²) in [6.45, 7) is 2.12. The number of aryl methyl sites for hydroxylation is 1. The highest BCUT2D eigenvalue weighted by atomic mass is 16.5. The van der Waals surface area contributed by atoms with Crippen molar-refractivity contribution in [3.8, 4) is 34.1 Å². The molecule has 5 nitrogen and oxygen atoms in total. The molecule has 0 saturated heterocycles. The number of benzene rings is 4. The lowest BCUT2D eigenvalue weighted by Gasteiger charge is -2.17. The van der Waals surface area contributed by atoms with Gasteiger partial charge in [0, 0.05) is 30.0 Å². The van der Waals surface area contributed by atoms with Crippen LogP contribution < -0.4 is 23.3 Å². The zero-order chi connectivity index (χ0) is 25.7. The largest absolute Gasteiger partial charge is 0.493 e. The van der Waals surface area contributed by atoms with Gasteiger partial charge in [0.15, 0.2) is 34.9 Å². The minimum absolute atomic E-state index is 0.703. The van der Waals surface area contributed by atoms with Crippen LogP contribution >= 0.6 is 0 Å². The maximum Gasteiger partial charge on any atom is 0.219 e. The van der Waals surface area contributed by atoms with E-state index in [-0.39, 0.29) is 0 Å². The molecule has 0 atom stereocenters. The first-order valence-corrected chi connectivity index (χ1v) is 12.2. The summed E-state index contributed by atoms with van der Waals surface area (Å²) in [6, 6.07) is 25.4. The molecule has 37 heavy (non-hydrogen) atoms. The fraction of sp³-hybridized carbons (Fsp3) is 0.156. The van der Waals surface area contributed by atoms with Crippen LogP contribution in [0.3, 0.4) is 0 Å². The van der Waals surface area contributed by atoms with Crippen LogP contribution in [-0.2, 0) is 0 Å². The molecule has 0 fully saturated rings. The van der Waals surface area contributed by atoms with Crippen LogP contribution in [0.25, 0.3) is 49.0 Å². The summed E-state index contributed by atoms with van der Waals surface area (Å²) < 4.78 is 25.4. The first kappa shape index (κ1) is 22.9. The van der Waals surface area contributed by atoms with Crippen molar-refractivity contribution in [3.05, 3.63) is 84.7 Å². The Bertz CT molecular complexity index is 1840. The van der Waals surface area contributed by atoms with E-state index in [0.717, 1.165) is 60.8 Å². The minimum atomic E-state index is 0.703. The second-order valence-electron chi connectivity index (χ2n) is 9.07. The highest BCUT2D eigenvalue weighted by Crippen LogP contribution is 2.46. The third-order valence-corrected chi connectivity index (χ3v) is 7.29. The third kappa shape index (κ3) is 3.42. The molecule has 0 aliphatic rings. The highest BCUT2D eigenvalue weighted by molar-refractivity contribution is 6.08. The van der Waals surface area contributed by atoms with E-state index < -0.39 is 0 Å². The van der Waals surface area contributed by atoms with Crippen molar-refractivity contribution in [2.45, 2.75) is 6.92 Å². The maximum atomic E-state index is 5.99. The predicted molar refractivity (Wildman–Crippen MR) is 149 cm³/mol. The number of aromatic nitrogens is 1. The number of methoxy groups -OCH3 is 4. The Hall–Kier alpha value is -4.51. The topological polar surface area (TPSA) is 41.0 Å². The van der Waals surface area contributed by atoms with Gasteiger partial charge in [-0.2, -0.15) is 4.40 Å². The van der Waals surface area contributed by atoms with Crippen LogP contribution in [0, 0.1) is 6.92 Å². The summed E-state index contributed by atoms with van der Waals surface area (Å²) in [5.41, 5.74) is 4.26. The minimum Gasteiger partial charge on any atom is -0.493 e. The molecule has 0 aliphatic carbocycles. The number of pyridine rings is 2. The number of fused-ring (bicyclic) bond motifs is 5. The second kappa shape index (κ2) is 8.86. The molecule has 0 unspecified atom stereocenters. The van der Waals surface area contributed by atoms with E-state index in [4.69, 9.17) is 18.9 Å². The van der Waals surface area contributed by atoms with Gasteiger partial charge in [0.25, 0.3) is 0 Å². The predicted octanol–water partition coefficient (Wildman–Crippen LogP) is 6.89. The summed E-state index contributed by atoms with van der Waals surface area (Å²) in [4.78, 5) is 0. The molecule has 0 spiro atoms. The second-order valence-corrected chi connectivity index (χ2v) is 9.07. The van der Waals surface area contributed by atoms with Gasteiger partial charge >= 0.3 is 0 Å². The van der Waals surface area contributed by atoms with Crippen LogP contribution in [-0.4, -0.2) is 28.4 Å². The molecule has 6 rings (SSSR count). The Labute approximate surface area is 215 Å². The normalized spacial score (nSPS) is 11.4. The SMILES string of the molecule is COc1cc2cc3c4cc(-c5cccc6ccccc56)c(OC)c(OC)c4cc[n+]3c(C)c2cc1OC. The van der Waals surface area contributed by atoms with Crippen molar-refractivity contribution in [3.63, 3.8) is 0 Å². The molecule has 0 N–H and O–H groups in total. The lowest BCUT2D eigenvalue weighted by Crippen LogP contribution is -2.25. The van der Waals surface area contributed by atoms with Crippen molar-refractivity contribution < 1.29 is 23.3 Å². The molecular formula is C32H28NO4+. The van der Waals surface area contributed by atoms with Gasteiger partial charge in [0.05, 0.1) is 39.2 Å². The quantitative estimate of drug-likeness (QED) is 0.150. The van der Waals surface area contributed by atoms with Gasteiger partial charge in [0.1, 0.15) is 0 Å². The summed E-state index contributed by atoms with van der Waals surface area (Å²) in [5.74, 6) is 2.85. The van der Waals surface area contributed by atoms with Gasteiger partial charge in [-0.1, -0.05) is 42.5 Å². The molecular weight excluding hydrogens is 462 g/mol. The average Bonchev–Trinajstić information content (AvgIpc) is 2.95. The molecule has 0 bridgehead atoms. The van der Waals surface area contributed by atoms with Crippen molar-refractivity contribution in [1.29, 1.82) is 0 Å². The van der Waals surface area contributed by atoms with Crippen molar-refractivity contribution in [1.82, 2.24) is 0 Å². The van der Waals surface area contributed by atoms with Gasteiger partial charge in [-0.3, -0.25) is 0 Å². The molecule has 2 heterocycles. The molecule has 0 saturated carbocycles. The number of hydrogen-bond acceptors (Lipinski definition) is 4. The van der Waals surface area contributed by atoms with Gasteiger partial charge in [-0.15, -0.1) is 0 Å². The average molecular weight is 491 g/mol. The number of nitrogens with zero attached hydrogens (tertiary/aromatic N) is 1. The smallest absolute Gasteiger partial charge is 0.219 e. The lowest BCUT2D eigenvalue weighted by atomic mass is 9.94. The van der Waals surface area contributed by atoms with Gasteiger partial charge in [-0.25, -0.2) is 0 Å². The van der Waals surface area contributed by atoms with Gasteiger partial charge in [0.2, 0.25) is 5.52 Å². The Morgan fingerprint density at radius 1 is 0.541 bits per heavy atom. The van der Waals surface area contributed by atoms with E-state index in [1.165, 1.54) is 5.39 Å². The summed E-state index contributed by atoms with van der Waals surface area (Å²) >= 11 is 0. The summed E-state index contributed by atoms with van der Waals surface area (Å²) in [7, 11) is 6.72. The zero-order valence-corrected chi connectivity index (χ0v) is 21.6. The molecule has 184 valence electrons. The van der Waals surface area contributed by atoms with E-state index in [2.05, 4.69) is 78.2 Å². The van der Waals surface area contributed by atoms with Gasteiger partial charge in [-0.05, 0) is 39.9 Å². The molecule has 4 aromatic carbocycles. The van der Waals surface area contributed by atoms with E-state index >= 15 is 0 Å². The van der Waals surface area contributed by atoms with Crippen molar-refractivity contribution in [2.24, 2.45) is 0 Å². The van der Waals surface area contributed by atoms with Crippen LogP contribution in [0.15, 0.2) is 79.0 Å². The number of hydrogen-bond donors (Lipinski definition) is 0. The zero-order valence-electron chi connectivity index (χ0n) is 21.6. The molecule has 5 heteroatoms. The Morgan fingerprint density at radius 3 is 2.03 bits per heavy atom. The van der Waals surface area contributed by atoms with E-state index in [1.54, 1.807) is 28.4 Å². The van der Waals surface area contributed by atoms with E-state index in [1.807, 2.05) is 12.1 Å². The van der Waals surface area contributed by atoms with Crippen molar-refractivity contribution in [2.75, 3.05) is 28.4 Å². The standard InChI is InChI=1S/C32H28NO4/c1-19-25-18-30(35-3)29(34-2)16-21(25)15-28-26-17-27(23-12-8-10-20-9-6-7-11-22(20)23)32(37-5)31(36-4)24(26)13-14-33(19)28/h6-18H,1-5H3/q+1. The van der Waals surface area contributed by atoms with Crippen LogP contribution in [0.5, 0.6) is 23.0 Å². The third-order valence-electron chi connectivity index (χ3n) is 7.29. The number of ether oxygens (including phenoxy) is 4. The lowest BCUT2D eigenvalue weighted by molar-refractivity contribution is -0.516. The Morgan fingerprint density at radius 2 is 1.27 bits per heavy atom. The molecule has 0 amide bonds.